The second kappa shape index (κ2) is 6.98. The predicted molar refractivity (Wildman–Crippen MR) is 75.2 cm³/mol. The summed E-state index contributed by atoms with van der Waals surface area (Å²) in [7, 11) is 1.52. The zero-order chi connectivity index (χ0) is 13.7. The summed E-state index contributed by atoms with van der Waals surface area (Å²) in [6.45, 7) is 4.68. The minimum absolute atomic E-state index is 0.0352. The van der Waals surface area contributed by atoms with E-state index in [9.17, 15) is 5.11 Å². The Kier molecular flexibility index (Phi) is 5.31. The molecule has 0 saturated carbocycles. The van der Waals surface area contributed by atoms with Gasteiger partial charge in [-0.1, -0.05) is 17.7 Å². The molecule has 1 saturated heterocycles. The quantitative estimate of drug-likeness (QED) is 0.901. The number of rotatable bonds is 5. The van der Waals surface area contributed by atoms with Gasteiger partial charge < -0.3 is 14.6 Å². The van der Waals surface area contributed by atoms with Crippen molar-refractivity contribution >= 4 is 11.6 Å². The minimum atomic E-state index is 0.0352. The average molecular weight is 286 g/mol. The fourth-order valence-electron chi connectivity index (χ4n) is 2.26. The van der Waals surface area contributed by atoms with E-state index < -0.39 is 0 Å². The summed E-state index contributed by atoms with van der Waals surface area (Å²) in [6, 6.07) is 3.67. The maximum Gasteiger partial charge on any atom is 0.177 e. The monoisotopic (exact) mass is 285 g/mol. The Hall–Kier alpha value is -0.970. The van der Waals surface area contributed by atoms with Crippen LogP contribution in [0.4, 0.5) is 0 Å². The molecule has 0 radical (unpaired) electrons. The number of methoxy groups -OCH3 is 1. The molecule has 0 amide bonds. The molecule has 1 N–H and O–H groups in total. The molecule has 0 aromatic heterocycles. The first-order chi connectivity index (χ1) is 9.22. The van der Waals surface area contributed by atoms with E-state index >= 15 is 0 Å². The zero-order valence-corrected chi connectivity index (χ0v) is 11.9. The standard InChI is InChI=1S/C14H20ClNO3/c1-18-12-5-4-11(13(15)14(12)17)3-2-6-16-7-9-19-10-8-16/h4-5,17H,2-3,6-10H2,1H3. The van der Waals surface area contributed by atoms with Gasteiger partial charge in [0.2, 0.25) is 0 Å². The number of morpholine rings is 1. The lowest BCUT2D eigenvalue weighted by molar-refractivity contribution is 0.0374. The van der Waals surface area contributed by atoms with Gasteiger partial charge in [-0.3, -0.25) is 4.90 Å². The van der Waals surface area contributed by atoms with Crippen LogP contribution in [-0.2, 0) is 11.2 Å². The third-order valence-corrected chi connectivity index (χ3v) is 3.82. The number of ether oxygens (including phenoxy) is 2. The molecule has 0 aliphatic carbocycles. The fraction of sp³-hybridized carbons (Fsp3) is 0.571. The molecule has 5 heteroatoms. The van der Waals surface area contributed by atoms with E-state index in [2.05, 4.69) is 4.90 Å². The molecule has 1 aliphatic rings. The van der Waals surface area contributed by atoms with E-state index in [4.69, 9.17) is 21.1 Å². The molecule has 1 aromatic rings. The maximum atomic E-state index is 9.84. The van der Waals surface area contributed by atoms with Crippen LogP contribution < -0.4 is 4.74 Å². The molecule has 0 spiro atoms. The highest BCUT2D eigenvalue weighted by atomic mass is 35.5. The lowest BCUT2D eigenvalue weighted by Crippen LogP contribution is -2.36. The Balaban J connectivity index is 1.87. The number of aryl methyl sites for hydroxylation is 1. The molecule has 2 rings (SSSR count). The Morgan fingerprint density at radius 2 is 2.11 bits per heavy atom. The Bertz CT molecular complexity index is 419. The van der Waals surface area contributed by atoms with Gasteiger partial charge in [0.25, 0.3) is 0 Å². The van der Waals surface area contributed by atoms with Gasteiger partial charge in [-0.25, -0.2) is 0 Å². The number of phenolic OH excluding ortho intramolecular Hbond substituents is 1. The van der Waals surface area contributed by atoms with Crippen LogP contribution in [0.1, 0.15) is 12.0 Å². The van der Waals surface area contributed by atoms with Gasteiger partial charge in [-0.2, -0.15) is 0 Å². The van der Waals surface area contributed by atoms with Gasteiger partial charge in [0.15, 0.2) is 11.5 Å². The van der Waals surface area contributed by atoms with Crippen molar-refractivity contribution in [2.75, 3.05) is 40.0 Å². The molecular formula is C14H20ClNO3. The second-order valence-corrected chi connectivity index (χ2v) is 5.03. The van der Waals surface area contributed by atoms with Gasteiger partial charge in [-0.05, 0) is 31.0 Å². The van der Waals surface area contributed by atoms with E-state index in [1.54, 1.807) is 6.07 Å². The third-order valence-electron chi connectivity index (χ3n) is 3.40. The van der Waals surface area contributed by atoms with Crippen molar-refractivity contribution in [3.8, 4) is 11.5 Å². The molecule has 106 valence electrons. The first-order valence-corrected chi connectivity index (χ1v) is 6.94. The first kappa shape index (κ1) is 14.4. The highest BCUT2D eigenvalue weighted by Gasteiger charge is 2.13. The lowest BCUT2D eigenvalue weighted by atomic mass is 10.1. The van der Waals surface area contributed by atoms with Crippen LogP contribution in [0.15, 0.2) is 12.1 Å². The average Bonchev–Trinajstić information content (AvgIpc) is 2.45. The summed E-state index contributed by atoms with van der Waals surface area (Å²) in [5, 5.41) is 10.2. The number of hydrogen-bond acceptors (Lipinski definition) is 4. The summed E-state index contributed by atoms with van der Waals surface area (Å²) in [5.41, 5.74) is 0.966. The molecule has 0 unspecified atom stereocenters. The number of nitrogens with zero attached hydrogens (tertiary/aromatic N) is 1. The van der Waals surface area contributed by atoms with Crippen LogP contribution in [0.5, 0.6) is 11.5 Å². The Labute approximate surface area is 118 Å². The Morgan fingerprint density at radius 3 is 2.79 bits per heavy atom. The molecule has 0 atom stereocenters. The highest BCUT2D eigenvalue weighted by molar-refractivity contribution is 6.33. The number of halogens is 1. The lowest BCUT2D eigenvalue weighted by Gasteiger charge is -2.26. The molecule has 4 nitrogen and oxygen atoms in total. The molecule has 19 heavy (non-hydrogen) atoms. The van der Waals surface area contributed by atoms with Gasteiger partial charge in [0.05, 0.1) is 25.3 Å². The van der Waals surface area contributed by atoms with Gasteiger partial charge in [-0.15, -0.1) is 0 Å². The number of phenols is 1. The van der Waals surface area contributed by atoms with Crippen LogP contribution >= 0.6 is 11.6 Å². The van der Waals surface area contributed by atoms with E-state index in [1.165, 1.54) is 7.11 Å². The van der Waals surface area contributed by atoms with Crippen LogP contribution in [0.3, 0.4) is 0 Å². The van der Waals surface area contributed by atoms with E-state index in [0.717, 1.165) is 51.3 Å². The Morgan fingerprint density at radius 1 is 1.37 bits per heavy atom. The summed E-state index contributed by atoms with van der Waals surface area (Å²) in [6.07, 6.45) is 1.87. The number of hydrogen-bond donors (Lipinski definition) is 1. The van der Waals surface area contributed by atoms with Crippen LogP contribution in [0.2, 0.25) is 5.02 Å². The molecular weight excluding hydrogens is 266 g/mol. The summed E-state index contributed by atoms with van der Waals surface area (Å²) < 4.78 is 10.3. The van der Waals surface area contributed by atoms with Gasteiger partial charge in [0, 0.05) is 13.1 Å². The number of benzene rings is 1. The van der Waals surface area contributed by atoms with Crippen molar-refractivity contribution in [1.29, 1.82) is 0 Å². The SMILES string of the molecule is COc1ccc(CCCN2CCOCC2)c(Cl)c1O. The molecule has 0 bridgehead atoms. The van der Waals surface area contributed by atoms with E-state index in [1.807, 2.05) is 6.07 Å². The van der Waals surface area contributed by atoms with Crippen LogP contribution in [-0.4, -0.2) is 50.0 Å². The molecule has 1 heterocycles. The van der Waals surface area contributed by atoms with Crippen molar-refractivity contribution < 1.29 is 14.6 Å². The smallest absolute Gasteiger partial charge is 0.177 e. The van der Waals surface area contributed by atoms with Crippen LogP contribution in [0, 0.1) is 0 Å². The fourth-order valence-corrected chi connectivity index (χ4v) is 2.51. The molecule has 1 aliphatic heterocycles. The normalized spacial score (nSPS) is 16.5. The van der Waals surface area contributed by atoms with Crippen molar-refractivity contribution in [1.82, 2.24) is 4.90 Å². The predicted octanol–water partition coefficient (Wildman–Crippen LogP) is 2.32. The summed E-state index contributed by atoms with van der Waals surface area (Å²) >= 11 is 6.14. The summed E-state index contributed by atoms with van der Waals surface area (Å²) in [4.78, 5) is 2.39. The number of aromatic hydroxyl groups is 1. The maximum absolute atomic E-state index is 9.84. The van der Waals surface area contributed by atoms with Crippen molar-refractivity contribution in [3.63, 3.8) is 0 Å². The van der Waals surface area contributed by atoms with Crippen molar-refractivity contribution in [2.45, 2.75) is 12.8 Å². The van der Waals surface area contributed by atoms with Gasteiger partial charge in [0.1, 0.15) is 0 Å². The van der Waals surface area contributed by atoms with Crippen LogP contribution in [0.25, 0.3) is 0 Å². The van der Waals surface area contributed by atoms with Crippen molar-refractivity contribution in [3.05, 3.63) is 22.7 Å². The molecule has 1 fully saturated rings. The molecule has 1 aromatic carbocycles. The second-order valence-electron chi connectivity index (χ2n) is 4.65. The summed E-state index contributed by atoms with van der Waals surface area (Å²) in [5.74, 6) is 0.454. The van der Waals surface area contributed by atoms with E-state index in [-0.39, 0.29) is 5.75 Å². The van der Waals surface area contributed by atoms with Crippen molar-refractivity contribution in [2.24, 2.45) is 0 Å². The van der Waals surface area contributed by atoms with E-state index in [0.29, 0.717) is 10.8 Å². The first-order valence-electron chi connectivity index (χ1n) is 6.57. The third kappa shape index (κ3) is 3.75. The minimum Gasteiger partial charge on any atom is -0.503 e. The largest absolute Gasteiger partial charge is 0.503 e. The van der Waals surface area contributed by atoms with Gasteiger partial charge >= 0.3 is 0 Å². The highest BCUT2D eigenvalue weighted by Crippen LogP contribution is 2.36. The zero-order valence-electron chi connectivity index (χ0n) is 11.2. The topological polar surface area (TPSA) is 41.9 Å².